The van der Waals surface area contributed by atoms with Crippen LogP contribution in [-0.4, -0.2) is 68.9 Å². The van der Waals surface area contributed by atoms with E-state index in [9.17, 15) is 0 Å². The molecule has 0 amide bonds. The van der Waals surface area contributed by atoms with E-state index in [1.807, 2.05) is 0 Å². The normalized spacial score (nSPS) is 47.0. The molecule has 3 fully saturated rings. The molecule has 3 heteroatoms. The van der Waals surface area contributed by atoms with E-state index < -0.39 is 0 Å². The summed E-state index contributed by atoms with van der Waals surface area (Å²) in [6, 6.07) is 0. The van der Waals surface area contributed by atoms with Crippen LogP contribution < -0.4 is 0 Å². The van der Waals surface area contributed by atoms with Crippen LogP contribution in [-0.2, 0) is 4.74 Å². The van der Waals surface area contributed by atoms with Gasteiger partial charge in [-0.05, 0) is 18.3 Å². The summed E-state index contributed by atoms with van der Waals surface area (Å²) >= 11 is 0. The predicted octanol–water partition coefficient (Wildman–Crippen LogP) is 1.61. The zero-order chi connectivity index (χ0) is 13.6. The number of ether oxygens (including phenoxy) is 1. The van der Waals surface area contributed by atoms with Crippen LogP contribution in [0.3, 0.4) is 0 Å². The highest BCUT2D eigenvalue weighted by Crippen LogP contribution is 2.52. The van der Waals surface area contributed by atoms with Gasteiger partial charge >= 0.3 is 0 Å². The van der Waals surface area contributed by atoms with Gasteiger partial charge in [0.15, 0.2) is 0 Å². The lowest BCUT2D eigenvalue weighted by atomic mass is 9.86. The largest absolute Gasteiger partial charge is 0.379 e. The molecule has 0 radical (unpaired) electrons. The maximum atomic E-state index is 5.43. The van der Waals surface area contributed by atoms with Gasteiger partial charge in [0.05, 0.1) is 39.9 Å². The number of allylic oxidation sites excluding steroid dienone is 2. The summed E-state index contributed by atoms with van der Waals surface area (Å²) in [5, 5.41) is 0. The Morgan fingerprint density at radius 1 is 1.10 bits per heavy atom. The summed E-state index contributed by atoms with van der Waals surface area (Å²) in [7, 11) is 2.51. The van der Waals surface area contributed by atoms with Crippen LogP contribution in [0.1, 0.15) is 12.8 Å². The number of quaternary nitrogens is 1. The van der Waals surface area contributed by atoms with E-state index in [4.69, 9.17) is 4.74 Å². The van der Waals surface area contributed by atoms with E-state index >= 15 is 0 Å². The van der Waals surface area contributed by atoms with Crippen LogP contribution >= 0.6 is 0 Å². The monoisotopic (exact) mass is 277 g/mol. The zero-order valence-corrected chi connectivity index (χ0v) is 12.8. The minimum absolute atomic E-state index is 0.934. The molecule has 0 aromatic carbocycles. The topological polar surface area (TPSA) is 12.5 Å². The third kappa shape index (κ3) is 2.34. The number of hydrogen-bond acceptors (Lipinski definition) is 2. The van der Waals surface area contributed by atoms with Crippen LogP contribution in [0, 0.1) is 23.7 Å². The van der Waals surface area contributed by atoms with Crippen LogP contribution in [0.15, 0.2) is 12.2 Å². The van der Waals surface area contributed by atoms with Gasteiger partial charge in [-0.3, -0.25) is 4.90 Å². The van der Waals surface area contributed by atoms with Crippen LogP contribution in [0.2, 0.25) is 0 Å². The van der Waals surface area contributed by atoms with Crippen LogP contribution in [0.5, 0.6) is 0 Å². The SMILES string of the molecule is C[N+]1(CCCN2CCOCC2)C[C@H]2[C@H](C1)[C@H]1C=C[C@H]2C1. The number of likely N-dealkylation sites (tertiary alicyclic amines) is 1. The number of morpholine rings is 1. The van der Waals surface area contributed by atoms with Gasteiger partial charge in [-0.1, -0.05) is 12.2 Å². The average Bonchev–Trinajstić information content (AvgIpc) is 3.11. The Morgan fingerprint density at radius 3 is 2.40 bits per heavy atom. The maximum Gasteiger partial charge on any atom is 0.0824 e. The predicted molar refractivity (Wildman–Crippen MR) is 80.4 cm³/mol. The van der Waals surface area contributed by atoms with E-state index in [0.717, 1.165) is 50.0 Å². The fraction of sp³-hybridized carbons (Fsp3) is 0.882. The van der Waals surface area contributed by atoms with Crippen molar-refractivity contribution in [1.29, 1.82) is 0 Å². The fourth-order valence-corrected chi connectivity index (χ4v) is 5.34. The first kappa shape index (κ1) is 13.3. The number of fused-ring (bicyclic) bond motifs is 5. The van der Waals surface area contributed by atoms with E-state index in [-0.39, 0.29) is 0 Å². The van der Waals surface area contributed by atoms with E-state index in [1.165, 1.54) is 43.5 Å². The second-order valence-electron chi connectivity index (χ2n) is 7.79. The Morgan fingerprint density at radius 2 is 1.75 bits per heavy atom. The van der Waals surface area contributed by atoms with Gasteiger partial charge < -0.3 is 9.22 Å². The van der Waals surface area contributed by atoms with Crippen molar-refractivity contribution in [3.05, 3.63) is 12.2 Å². The molecule has 0 N–H and O–H groups in total. The van der Waals surface area contributed by atoms with Crippen molar-refractivity contribution in [3.63, 3.8) is 0 Å². The maximum absolute atomic E-state index is 5.43. The lowest BCUT2D eigenvalue weighted by Gasteiger charge is -2.33. The second-order valence-corrected chi connectivity index (χ2v) is 7.79. The summed E-state index contributed by atoms with van der Waals surface area (Å²) < 4.78 is 6.77. The van der Waals surface area contributed by atoms with Crippen molar-refractivity contribution in [1.82, 2.24) is 4.90 Å². The first-order chi connectivity index (χ1) is 9.73. The Hall–Kier alpha value is -0.380. The van der Waals surface area contributed by atoms with E-state index in [0.29, 0.717) is 0 Å². The Kier molecular flexibility index (Phi) is 3.40. The van der Waals surface area contributed by atoms with Gasteiger partial charge in [-0.25, -0.2) is 0 Å². The van der Waals surface area contributed by atoms with Gasteiger partial charge in [0.2, 0.25) is 0 Å². The molecule has 2 aliphatic carbocycles. The third-order valence-electron chi connectivity index (χ3n) is 6.38. The molecule has 0 aromatic heterocycles. The molecule has 4 atom stereocenters. The number of rotatable bonds is 4. The summed E-state index contributed by atoms with van der Waals surface area (Å²) in [5.74, 6) is 3.89. The lowest BCUT2D eigenvalue weighted by Crippen LogP contribution is -2.45. The average molecular weight is 277 g/mol. The highest BCUT2D eigenvalue weighted by atomic mass is 16.5. The Balaban J connectivity index is 1.27. The van der Waals surface area contributed by atoms with Crippen molar-refractivity contribution in [2.24, 2.45) is 23.7 Å². The van der Waals surface area contributed by atoms with Gasteiger partial charge in [-0.15, -0.1) is 0 Å². The summed E-state index contributed by atoms with van der Waals surface area (Å²) in [4.78, 5) is 2.58. The molecule has 2 saturated heterocycles. The lowest BCUT2D eigenvalue weighted by molar-refractivity contribution is -0.901. The van der Waals surface area contributed by atoms with Gasteiger partial charge in [0.25, 0.3) is 0 Å². The molecule has 4 rings (SSSR count). The van der Waals surface area contributed by atoms with E-state index in [1.54, 1.807) is 0 Å². The quantitative estimate of drug-likeness (QED) is 0.572. The van der Waals surface area contributed by atoms with Crippen LogP contribution in [0.4, 0.5) is 0 Å². The molecular weight excluding hydrogens is 248 g/mol. The molecule has 1 saturated carbocycles. The number of nitrogens with zero attached hydrogens (tertiary/aromatic N) is 2. The molecule has 3 nitrogen and oxygen atoms in total. The zero-order valence-electron chi connectivity index (χ0n) is 12.8. The minimum atomic E-state index is 0.934. The van der Waals surface area contributed by atoms with Crippen LogP contribution in [0.25, 0.3) is 0 Å². The third-order valence-corrected chi connectivity index (χ3v) is 6.38. The molecule has 2 heterocycles. The molecular formula is C17H29N2O+. The van der Waals surface area contributed by atoms with Crippen molar-refractivity contribution in [2.45, 2.75) is 12.8 Å². The Bertz CT molecular complexity index is 368. The van der Waals surface area contributed by atoms with Gasteiger partial charge in [0, 0.05) is 37.9 Å². The standard InChI is InChI=1S/C17H29N2O/c1-19(8-2-5-18-6-9-20-10-7-18)12-16-14-3-4-15(11-14)17(16)13-19/h3-4,14-17H,2,5-13H2,1H3/q+1/t14-,15-,16+,17+/m0/s1. The molecule has 2 bridgehead atoms. The smallest absolute Gasteiger partial charge is 0.0824 e. The molecule has 20 heavy (non-hydrogen) atoms. The molecule has 0 aromatic rings. The second kappa shape index (κ2) is 5.11. The molecule has 112 valence electrons. The van der Waals surface area contributed by atoms with Crippen molar-refractivity contribution < 1.29 is 9.22 Å². The summed E-state index contributed by atoms with van der Waals surface area (Å²) in [6.07, 6.45) is 7.88. The summed E-state index contributed by atoms with van der Waals surface area (Å²) in [6.45, 7) is 9.70. The molecule has 4 aliphatic rings. The molecule has 2 aliphatic heterocycles. The van der Waals surface area contributed by atoms with Crippen molar-refractivity contribution in [2.75, 3.05) is 59.5 Å². The highest BCUT2D eigenvalue weighted by Gasteiger charge is 2.54. The van der Waals surface area contributed by atoms with Gasteiger partial charge in [0.1, 0.15) is 0 Å². The van der Waals surface area contributed by atoms with E-state index in [2.05, 4.69) is 24.1 Å². The van der Waals surface area contributed by atoms with Crippen molar-refractivity contribution in [3.8, 4) is 0 Å². The highest BCUT2D eigenvalue weighted by molar-refractivity contribution is 5.14. The number of hydrogen-bond donors (Lipinski definition) is 0. The first-order valence-corrected chi connectivity index (χ1v) is 8.55. The molecule has 0 unspecified atom stereocenters. The fourth-order valence-electron chi connectivity index (χ4n) is 5.34. The Labute approximate surface area is 123 Å². The first-order valence-electron chi connectivity index (χ1n) is 8.55. The van der Waals surface area contributed by atoms with Crippen molar-refractivity contribution >= 4 is 0 Å². The minimum Gasteiger partial charge on any atom is -0.379 e. The summed E-state index contributed by atoms with van der Waals surface area (Å²) in [5.41, 5.74) is 0. The van der Waals surface area contributed by atoms with Gasteiger partial charge in [-0.2, -0.15) is 0 Å². The molecule has 0 spiro atoms.